The van der Waals surface area contributed by atoms with Crippen molar-refractivity contribution in [1.29, 1.82) is 0 Å². The highest BCUT2D eigenvalue weighted by molar-refractivity contribution is 7.98. The van der Waals surface area contributed by atoms with E-state index in [1.54, 1.807) is 11.8 Å². The fourth-order valence-electron chi connectivity index (χ4n) is 2.97. The molecule has 1 atom stereocenters. The number of thioether (sulfide) groups is 1. The van der Waals surface area contributed by atoms with Crippen molar-refractivity contribution in [3.8, 4) is 0 Å². The quantitative estimate of drug-likeness (QED) is 0.837. The highest BCUT2D eigenvalue weighted by Gasteiger charge is 2.43. The van der Waals surface area contributed by atoms with Gasteiger partial charge in [0.15, 0.2) is 0 Å². The van der Waals surface area contributed by atoms with Crippen molar-refractivity contribution < 1.29 is 9.90 Å². The van der Waals surface area contributed by atoms with Gasteiger partial charge in [0.2, 0.25) is 0 Å². The lowest BCUT2D eigenvalue weighted by Crippen LogP contribution is -2.39. The summed E-state index contributed by atoms with van der Waals surface area (Å²) in [6, 6.07) is 8.02. The van der Waals surface area contributed by atoms with Gasteiger partial charge in [-0.25, -0.2) is 0 Å². The van der Waals surface area contributed by atoms with E-state index in [0.717, 1.165) is 31.2 Å². The Morgan fingerprint density at radius 3 is 2.28 bits per heavy atom. The number of hydrogen-bond donors (Lipinski definition) is 1. The van der Waals surface area contributed by atoms with Crippen molar-refractivity contribution in [3.05, 3.63) is 29.8 Å². The van der Waals surface area contributed by atoms with E-state index in [9.17, 15) is 9.90 Å². The average molecular weight is 264 g/mol. The maximum Gasteiger partial charge on any atom is 0.314 e. The zero-order valence-corrected chi connectivity index (χ0v) is 11.8. The van der Waals surface area contributed by atoms with Gasteiger partial charge in [0.05, 0.1) is 5.41 Å². The molecule has 0 saturated heterocycles. The SMILES string of the molecule is CSc1ccc(C(C)(C(=O)O)C2CCCC2)cc1. The predicted molar refractivity (Wildman–Crippen MR) is 75.2 cm³/mol. The van der Waals surface area contributed by atoms with Gasteiger partial charge in [-0.1, -0.05) is 25.0 Å². The van der Waals surface area contributed by atoms with Gasteiger partial charge in [-0.3, -0.25) is 4.79 Å². The molecule has 1 unspecified atom stereocenters. The lowest BCUT2D eigenvalue weighted by atomic mass is 9.71. The summed E-state index contributed by atoms with van der Waals surface area (Å²) in [6.45, 7) is 1.89. The van der Waals surface area contributed by atoms with Crippen molar-refractivity contribution in [2.24, 2.45) is 5.92 Å². The topological polar surface area (TPSA) is 37.3 Å². The number of hydrogen-bond acceptors (Lipinski definition) is 2. The first kappa shape index (κ1) is 13.5. The molecule has 1 fully saturated rings. The summed E-state index contributed by atoms with van der Waals surface area (Å²) in [5, 5.41) is 9.67. The Balaban J connectivity index is 2.36. The Bertz CT molecular complexity index is 421. The molecule has 98 valence electrons. The second kappa shape index (κ2) is 5.35. The number of benzene rings is 1. The van der Waals surface area contributed by atoms with Gasteiger partial charge < -0.3 is 5.11 Å². The molecule has 1 aromatic carbocycles. The minimum atomic E-state index is -0.729. The summed E-state index contributed by atoms with van der Waals surface area (Å²) < 4.78 is 0. The number of carboxylic acid groups (broad SMARTS) is 1. The first-order valence-corrected chi connectivity index (χ1v) is 7.69. The molecule has 1 aliphatic carbocycles. The zero-order valence-electron chi connectivity index (χ0n) is 11.0. The van der Waals surface area contributed by atoms with Gasteiger partial charge >= 0.3 is 5.97 Å². The molecular weight excluding hydrogens is 244 g/mol. The largest absolute Gasteiger partial charge is 0.481 e. The van der Waals surface area contributed by atoms with E-state index in [0.29, 0.717) is 0 Å². The van der Waals surface area contributed by atoms with E-state index in [2.05, 4.69) is 0 Å². The molecule has 18 heavy (non-hydrogen) atoms. The number of rotatable bonds is 4. The number of carbonyl (C=O) groups is 1. The van der Waals surface area contributed by atoms with Gasteiger partial charge in [0.25, 0.3) is 0 Å². The molecule has 0 spiro atoms. The minimum Gasteiger partial charge on any atom is -0.481 e. The Labute approximate surface area is 113 Å². The number of aliphatic carboxylic acids is 1. The minimum absolute atomic E-state index is 0.273. The summed E-state index contributed by atoms with van der Waals surface area (Å²) in [5.74, 6) is -0.415. The van der Waals surface area contributed by atoms with Gasteiger partial charge in [-0.15, -0.1) is 11.8 Å². The highest BCUT2D eigenvalue weighted by Crippen LogP contribution is 2.42. The van der Waals surface area contributed by atoms with Crippen LogP contribution in [0.1, 0.15) is 38.2 Å². The van der Waals surface area contributed by atoms with Crippen molar-refractivity contribution in [1.82, 2.24) is 0 Å². The molecular formula is C15H20O2S. The monoisotopic (exact) mass is 264 g/mol. The van der Waals surface area contributed by atoms with E-state index in [4.69, 9.17) is 0 Å². The van der Waals surface area contributed by atoms with Crippen LogP contribution in [0.25, 0.3) is 0 Å². The molecule has 0 amide bonds. The molecule has 1 aromatic rings. The standard InChI is InChI=1S/C15H20O2S/c1-15(14(16)17,11-5-3-4-6-11)12-7-9-13(18-2)10-8-12/h7-11H,3-6H2,1-2H3,(H,16,17). The van der Waals surface area contributed by atoms with Crippen LogP contribution < -0.4 is 0 Å². The van der Waals surface area contributed by atoms with E-state index < -0.39 is 11.4 Å². The van der Waals surface area contributed by atoms with Crippen LogP contribution in [0.15, 0.2) is 29.2 Å². The maximum absolute atomic E-state index is 11.8. The van der Waals surface area contributed by atoms with Gasteiger partial charge in [0, 0.05) is 4.90 Å². The molecule has 2 rings (SSSR count). The van der Waals surface area contributed by atoms with E-state index in [-0.39, 0.29) is 5.92 Å². The van der Waals surface area contributed by atoms with Crippen LogP contribution in [0.2, 0.25) is 0 Å². The first-order valence-electron chi connectivity index (χ1n) is 6.47. The second-order valence-corrected chi connectivity index (χ2v) is 6.10. The van der Waals surface area contributed by atoms with E-state index >= 15 is 0 Å². The van der Waals surface area contributed by atoms with Crippen LogP contribution in [0, 0.1) is 5.92 Å². The van der Waals surface area contributed by atoms with Crippen molar-refractivity contribution in [2.45, 2.75) is 42.9 Å². The van der Waals surface area contributed by atoms with Crippen molar-refractivity contribution in [3.63, 3.8) is 0 Å². The van der Waals surface area contributed by atoms with Crippen LogP contribution in [0.5, 0.6) is 0 Å². The molecule has 0 bridgehead atoms. The van der Waals surface area contributed by atoms with Crippen LogP contribution in [-0.4, -0.2) is 17.3 Å². The Morgan fingerprint density at radius 2 is 1.83 bits per heavy atom. The fourth-order valence-corrected chi connectivity index (χ4v) is 3.38. The van der Waals surface area contributed by atoms with Crippen molar-refractivity contribution in [2.75, 3.05) is 6.26 Å². The molecule has 0 heterocycles. The van der Waals surface area contributed by atoms with Gasteiger partial charge in [0.1, 0.15) is 0 Å². The Kier molecular flexibility index (Phi) is 4.00. The van der Waals surface area contributed by atoms with E-state index in [1.165, 1.54) is 4.90 Å². The van der Waals surface area contributed by atoms with Crippen LogP contribution >= 0.6 is 11.8 Å². The summed E-state index contributed by atoms with van der Waals surface area (Å²) in [6.07, 6.45) is 6.43. The first-order chi connectivity index (χ1) is 8.59. The second-order valence-electron chi connectivity index (χ2n) is 5.22. The third-order valence-electron chi connectivity index (χ3n) is 4.31. The lowest BCUT2D eigenvalue weighted by Gasteiger charge is -2.32. The molecule has 0 radical (unpaired) electrons. The normalized spacial score (nSPS) is 19.7. The molecule has 1 aliphatic rings. The molecule has 2 nitrogen and oxygen atoms in total. The summed E-state index contributed by atoms with van der Waals surface area (Å²) in [7, 11) is 0. The third kappa shape index (κ3) is 2.28. The molecule has 1 N–H and O–H groups in total. The third-order valence-corrected chi connectivity index (χ3v) is 5.05. The number of carboxylic acids is 1. The zero-order chi connectivity index (χ0) is 13.2. The lowest BCUT2D eigenvalue weighted by molar-refractivity contribution is -0.145. The van der Waals surface area contributed by atoms with Crippen LogP contribution in [0.4, 0.5) is 0 Å². The molecule has 1 saturated carbocycles. The van der Waals surface area contributed by atoms with E-state index in [1.807, 2.05) is 37.4 Å². The summed E-state index contributed by atoms with van der Waals surface area (Å²) in [5.41, 5.74) is 0.215. The predicted octanol–water partition coefficient (Wildman–Crippen LogP) is 3.94. The molecule has 0 aromatic heterocycles. The fraction of sp³-hybridized carbons (Fsp3) is 0.533. The van der Waals surface area contributed by atoms with Gasteiger partial charge in [-0.05, 0) is 49.6 Å². The van der Waals surface area contributed by atoms with Crippen LogP contribution in [0.3, 0.4) is 0 Å². The maximum atomic E-state index is 11.8. The smallest absolute Gasteiger partial charge is 0.314 e. The van der Waals surface area contributed by atoms with Crippen LogP contribution in [-0.2, 0) is 10.2 Å². The molecule has 0 aliphatic heterocycles. The summed E-state index contributed by atoms with van der Waals surface area (Å²) >= 11 is 1.68. The average Bonchev–Trinajstić information content (AvgIpc) is 2.92. The highest BCUT2D eigenvalue weighted by atomic mass is 32.2. The Morgan fingerprint density at radius 1 is 1.28 bits per heavy atom. The van der Waals surface area contributed by atoms with Crippen molar-refractivity contribution >= 4 is 17.7 Å². The molecule has 3 heteroatoms. The van der Waals surface area contributed by atoms with Gasteiger partial charge in [-0.2, -0.15) is 0 Å². The summed E-state index contributed by atoms with van der Waals surface area (Å²) in [4.78, 5) is 12.9. The Hall–Kier alpha value is -0.960.